The molecular formula is C10H16N2O2S. The van der Waals surface area contributed by atoms with Crippen LogP contribution in [0.2, 0.25) is 0 Å². The van der Waals surface area contributed by atoms with Crippen molar-refractivity contribution in [2.75, 3.05) is 19.3 Å². The van der Waals surface area contributed by atoms with E-state index in [-0.39, 0.29) is 5.91 Å². The second-order valence-electron chi connectivity index (χ2n) is 3.07. The molecule has 1 aromatic heterocycles. The van der Waals surface area contributed by atoms with Crippen molar-refractivity contribution in [1.29, 1.82) is 0 Å². The average Bonchev–Trinajstić information content (AvgIpc) is 2.72. The summed E-state index contributed by atoms with van der Waals surface area (Å²) in [6.45, 7) is 1.30. The molecule has 15 heavy (non-hydrogen) atoms. The van der Waals surface area contributed by atoms with Gasteiger partial charge in [-0.1, -0.05) is 11.8 Å². The summed E-state index contributed by atoms with van der Waals surface area (Å²) in [5.74, 6) is 0.208. The van der Waals surface area contributed by atoms with Gasteiger partial charge in [0.2, 0.25) is 0 Å². The summed E-state index contributed by atoms with van der Waals surface area (Å²) >= 11 is 1.48. The number of carbonyl (C=O) groups is 1. The highest BCUT2D eigenvalue weighted by molar-refractivity contribution is 7.98. The fourth-order valence-corrected chi connectivity index (χ4v) is 1.49. The first-order chi connectivity index (χ1) is 7.27. The molecule has 5 heteroatoms. The molecule has 1 amide bonds. The summed E-state index contributed by atoms with van der Waals surface area (Å²) in [5, 5.41) is 3.53. The standard InChI is InChI=1S/C10H16N2O2S/c1-15-9-5-4-8(14-9)10(13)12-7-3-2-6-11/h4-5H,2-3,6-7,11H2,1H3,(H,12,13). The van der Waals surface area contributed by atoms with Crippen molar-refractivity contribution in [1.82, 2.24) is 5.32 Å². The second kappa shape index (κ2) is 6.53. The number of hydrogen-bond donors (Lipinski definition) is 2. The molecule has 0 bridgehead atoms. The van der Waals surface area contributed by atoms with Crippen molar-refractivity contribution in [2.24, 2.45) is 5.73 Å². The smallest absolute Gasteiger partial charge is 0.287 e. The highest BCUT2D eigenvalue weighted by Gasteiger charge is 2.09. The van der Waals surface area contributed by atoms with Crippen LogP contribution in [-0.4, -0.2) is 25.3 Å². The van der Waals surface area contributed by atoms with Crippen LogP contribution >= 0.6 is 11.8 Å². The van der Waals surface area contributed by atoms with Gasteiger partial charge in [-0.15, -0.1) is 0 Å². The summed E-state index contributed by atoms with van der Waals surface area (Å²) in [7, 11) is 0. The molecule has 0 spiro atoms. The number of hydrogen-bond acceptors (Lipinski definition) is 4. The van der Waals surface area contributed by atoms with Gasteiger partial charge < -0.3 is 15.5 Å². The van der Waals surface area contributed by atoms with Gasteiger partial charge in [-0.05, 0) is 37.8 Å². The minimum Gasteiger partial charge on any atom is -0.445 e. The molecule has 0 saturated carbocycles. The van der Waals surface area contributed by atoms with Crippen LogP contribution in [0, 0.1) is 0 Å². The molecule has 0 fully saturated rings. The van der Waals surface area contributed by atoms with Crippen LogP contribution in [0.5, 0.6) is 0 Å². The van der Waals surface area contributed by atoms with E-state index in [0.717, 1.165) is 17.9 Å². The van der Waals surface area contributed by atoms with Crippen molar-refractivity contribution < 1.29 is 9.21 Å². The molecule has 4 nitrogen and oxygen atoms in total. The third-order valence-corrected chi connectivity index (χ3v) is 2.54. The number of thioether (sulfide) groups is 1. The van der Waals surface area contributed by atoms with Crippen LogP contribution in [0.15, 0.2) is 21.6 Å². The highest BCUT2D eigenvalue weighted by atomic mass is 32.2. The summed E-state index contributed by atoms with van der Waals surface area (Å²) in [4.78, 5) is 11.5. The van der Waals surface area contributed by atoms with Crippen LogP contribution in [-0.2, 0) is 0 Å². The quantitative estimate of drug-likeness (QED) is 0.571. The van der Waals surface area contributed by atoms with Crippen LogP contribution in [0.4, 0.5) is 0 Å². The first kappa shape index (κ1) is 12.1. The van der Waals surface area contributed by atoms with E-state index in [1.54, 1.807) is 12.1 Å². The summed E-state index contributed by atoms with van der Waals surface area (Å²) in [6, 6.07) is 3.48. The van der Waals surface area contributed by atoms with Crippen molar-refractivity contribution in [2.45, 2.75) is 17.9 Å². The first-order valence-corrected chi connectivity index (χ1v) is 6.12. The Labute approximate surface area is 93.6 Å². The van der Waals surface area contributed by atoms with E-state index in [9.17, 15) is 4.79 Å². The third-order valence-electron chi connectivity index (χ3n) is 1.92. The predicted octanol–water partition coefficient (Wildman–Crippen LogP) is 1.47. The Hall–Kier alpha value is -0.940. The molecule has 0 aliphatic carbocycles. The fraction of sp³-hybridized carbons (Fsp3) is 0.500. The van der Waals surface area contributed by atoms with Crippen molar-refractivity contribution >= 4 is 17.7 Å². The zero-order chi connectivity index (χ0) is 11.1. The Kier molecular flexibility index (Phi) is 5.28. The Balaban J connectivity index is 2.33. The van der Waals surface area contributed by atoms with E-state index in [1.165, 1.54) is 11.8 Å². The van der Waals surface area contributed by atoms with E-state index in [2.05, 4.69) is 5.32 Å². The molecule has 0 saturated heterocycles. The SMILES string of the molecule is CSc1ccc(C(=O)NCCCCN)o1. The van der Waals surface area contributed by atoms with Gasteiger partial charge in [0.1, 0.15) is 0 Å². The number of nitrogens with two attached hydrogens (primary N) is 1. The van der Waals surface area contributed by atoms with Gasteiger partial charge in [0.15, 0.2) is 10.9 Å². The van der Waals surface area contributed by atoms with Crippen LogP contribution < -0.4 is 11.1 Å². The van der Waals surface area contributed by atoms with E-state index >= 15 is 0 Å². The lowest BCUT2D eigenvalue weighted by Gasteiger charge is -2.01. The lowest BCUT2D eigenvalue weighted by Crippen LogP contribution is -2.24. The summed E-state index contributed by atoms with van der Waals surface area (Å²) in [5.41, 5.74) is 5.34. The van der Waals surface area contributed by atoms with Crippen molar-refractivity contribution in [3.63, 3.8) is 0 Å². The Morgan fingerprint density at radius 3 is 2.93 bits per heavy atom. The van der Waals surface area contributed by atoms with Gasteiger partial charge in [-0.25, -0.2) is 0 Å². The third kappa shape index (κ3) is 3.97. The molecule has 3 N–H and O–H groups in total. The van der Waals surface area contributed by atoms with Crippen LogP contribution in [0.3, 0.4) is 0 Å². The maximum Gasteiger partial charge on any atom is 0.287 e. The van der Waals surface area contributed by atoms with E-state index in [0.29, 0.717) is 18.8 Å². The minimum absolute atomic E-state index is 0.160. The zero-order valence-corrected chi connectivity index (χ0v) is 9.60. The molecule has 0 radical (unpaired) electrons. The first-order valence-electron chi connectivity index (χ1n) is 4.90. The topological polar surface area (TPSA) is 68.3 Å². The average molecular weight is 228 g/mol. The van der Waals surface area contributed by atoms with Gasteiger partial charge in [0.25, 0.3) is 5.91 Å². The number of unbranched alkanes of at least 4 members (excludes halogenated alkanes) is 1. The van der Waals surface area contributed by atoms with Gasteiger partial charge in [0, 0.05) is 6.54 Å². The maximum absolute atomic E-state index is 11.5. The van der Waals surface area contributed by atoms with Crippen LogP contribution in [0.1, 0.15) is 23.4 Å². The summed E-state index contributed by atoms with van der Waals surface area (Å²) < 4.78 is 5.28. The van der Waals surface area contributed by atoms with E-state index in [4.69, 9.17) is 10.2 Å². The molecule has 0 aliphatic rings. The lowest BCUT2D eigenvalue weighted by atomic mass is 10.3. The van der Waals surface area contributed by atoms with E-state index in [1.807, 2.05) is 6.26 Å². The normalized spacial score (nSPS) is 10.3. The lowest BCUT2D eigenvalue weighted by molar-refractivity contribution is 0.0920. The van der Waals surface area contributed by atoms with Gasteiger partial charge in [-0.2, -0.15) is 0 Å². The van der Waals surface area contributed by atoms with Crippen molar-refractivity contribution in [3.05, 3.63) is 17.9 Å². The van der Waals surface area contributed by atoms with Gasteiger partial charge in [0.05, 0.1) is 0 Å². The number of amides is 1. The molecule has 84 valence electrons. The molecule has 0 aliphatic heterocycles. The van der Waals surface area contributed by atoms with E-state index < -0.39 is 0 Å². The molecular weight excluding hydrogens is 212 g/mol. The van der Waals surface area contributed by atoms with Crippen LogP contribution in [0.25, 0.3) is 0 Å². The molecule has 1 heterocycles. The largest absolute Gasteiger partial charge is 0.445 e. The maximum atomic E-state index is 11.5. The number of nitrogens with one attached hydrogen (secondary N) is 1. The molecule has 1 aromatic rings. The predicted molar refractivity (Wildman–Crippen MR) is 61.1 cm³/mol. The number of carbonyl (C=O) groups excluding carboxylic acids is 1. The Bertz CT molecular complexity index is 312. The molecule has 0 aromatic carbocycles. The molecule has 0 unspecified atom stereocenters. The minimum atomic E-state index is -0.160. The Morgan fingerprint density at radius 2 is 2.33 bits per heavy atom. The Morgan fingerprint density at radius 1 is 1.53 bits per heavy atom. The fourth-order valence-electron chi connectivity index (χ4n) is 1.11. The molecule has 0 atom stereocenters. The molecule has 1 rings (SSSR count). The van der Waals surface area contributed by atoms with Crippen molar-refractivity contribution in [3.8, 4) is 0 Å². The monoisotopic (exact) mass is 228 g/mol. The second-order valence-corrected chi connectivity index (χ2v) is 3.89. The zero-order valence-electron chi connectivity index (χ0n) is 8.79. The highest BCUT2D eigenvalue weighted by Crippen LogP contribution is 2.17. The van der Waals surface area contributed by atoms with Gasteiger partial charge in [-0.3, -0.25) is 4.79 Å². The number of rotatable bonds is 6. The van der Waals surface area contributed by atoms with Gasteiger partial charge >= 0.3 is 0 Å². The number of furan rings is 1. The summed E-state index contributed by atoms with van der Waals surface area (Å²) in [6.07, 6.45) is 3.73.